The summed E-state index contributed by atoms with van der Waals surface area (Å²) in [6.07, 6.45) is 1.78. The van der Waals surface area contributed by atoms with E-state index in [9.17, 15) is 0 Å². The lowest BCUT2D eigenvalue weighted by atomic mass is 10.3. The molecule has 14 heavy (non-hydrogen) atoms. The van der Waals surface area contributed by atoms with Gasteiger partial charge < -0.3 is 10.0 Å². The lowest BCUT2D eigenvalue weighted by Gasteiger charge is -2.16. The average Bonchev–Trinajstić information content (AvgIpc) is 2.21. The molecule has 0 spiro atoms. The number of aliphatic hydroxyl groups excluding tert-OH is 1. The van der Waals surface area contributed by atoms with Crippen LogP contribution >= 0.6 is 0 Å². The van der Waals surface area contributed by atoms with Gasteiger partial charge in [0.25, 0.3) is 0 Å². The number of aromatic nitrogens is 1. The van der Waals surface area contributed by atoms with Crippen LogP contribution in [0, 0.1) is 6.92 Å². The number of pyridine rings is 1. The van der Waals surface area contributed by atoms with Gasteiger partial charge in [0.15, 0.2) is 0 Å². The van der Waals surface area contributed by atoms with Gasteiger partial charge in [-0.3, -0.25) is 0 Å². The van der Waals surface area contributed by atoms with Crippen molar-refractivity contribution in [3.8, 4) is 0 Å². The number of aliphatic hydroxyl groups is 1. The highest BCUT2D eigenvalue weighted by Crippen LogP contribution is 2.08. The molecule has 0 fully saturated rings. The summed E-state index contributed by atoms with van der Waals surface area (Å²) in [4.78, 5) is 6.10. The first-order chi connectivity index (χ1) is 6.74. The van der Waals surface area contributed by atoms with Crippen LogP contribution in [0.25, 0.3) is 0 Å². The average molecular weight is 196 g/mol. The summed E-state index contributed by atoms with van der Waals surface area (Å²) in [5, 5.41) is 8.70. The molecule has 80 valence electrons. The maximum atomic E-state index is 8.70. The highest BCUT2D eigenvalue weighted by Gasteiger charge is 1.99. The second kappa shape index (κ2) is 7.33. The van der Waals surface area contributed by atoms with Crippen molar-refractivity contribution in [2.75, 3.05) is 25.1 Å². The number of likely N-dealkylation sites (N-methyl/N-ethyl adjacent to an activating group) is 1. The normalized spacial score (nSPS) is 8.93. The van der Waals surface area contributed by atoms with Crippen molar-refractivity contribution in [1.29, 1.82) is 0 Å². The fraction of sp³-hybridized carbons (Fsp3) is 0.545. The topological polar surface area (TPSA) is 36.4 Å². The molecule has 1 N–H and O–H groups in total. The molecule has 0 unspecified atom stereocenters. The molecule has 1 rings (SSSR count). The first-order valence-corrected chi connectivity index (χ1v) is 4.98. The molecule has 0 aliphatic heterocycles. The highest BCUT2D eigenvalue weighted by atomic mass is 16.3. The van der Waals surface area contributed by atoms with Crippen molar-refractivity contribution < 1.29 is 5.11 Å². The van der Waals surface area contributed by atoms with Gasteiger partial charge >= 0.3 is 0 Å². The van der Waals surface area contributed by atoms with Gasteiger partial charge in [-0.15, -0.1) is 0 Å². The Morgan fingerprint density at radius 1 is 1.43 bits per heavy atom. The molecule has 0 aliphatic carbocycles. The van der Waals surface area contributed by atoms with Gasteiger partial charge in [-0.2, -0.15) is 0 Å². The molecule has 1 heterocycles. The smallest absolute Gasteiger partial charge is 0.128 e. The summed E-state index contributed by atoms with van der Waals surface area (Å²) < 4.78 is 0. The van der Waals surface area contributed by atoms with Crippen LogP contribution in [-0.4, -0.2) is 30.3 Å². The molecular formula is C11H20N2O. The molecule has 0 atom stereocenters. The molecule has 1 aromatic heterocycles. The van der Waals surface area contributed by atoms with Gasteiger partial charge in [0, 0.05) is 19.8 Å². The molecule has 0 aromatic carbocycles. The van der Waals surface area contributed by atoms with Crippen LogP contribution in [0.15, 0.2) is 18.3 Å². The van der Waals surface area contributed by atoms with Crippen LogP contribution in [0.1, 0.15) is 19.4 Å². The van der Waals surface area contributed by atoms with Gasteiger partial charge in [0.1, 0.15) is 5.82 Å². The van der Waals surface area contributed by atoms with E-state index in [0.717, 1.165) is 5.82 Å². The van der Waals surface area contributed by atoms with Crippen molar-refractivity contribution in [3.63, 3.8) is 0 Å². The summed E-state index contributed by atoms with van der Waals surface area (Å²) in [7, 11) is 1.91. The maximum Gasteiger partial charge on any atom is 0.128 e. The SMILES string of the molecule is CC.Cc1ccnc(N(C)CCO)c1. The zero-order chi connectivity index (χ0) is 11.0. The van der Waals surface area contributed by atoms with E-state index in [1.807, 2.05) is 44.9 Å². The molecule has 3 heteroatoms. The van der Waals surface area contributed by atoms with Crippen molar-refractivity contribution >= 4 is 5.82 Å². The number of hydrogen-bond donors (Lipinski definition) is 1. The number of aryl methyl sites for hydroxylation is 1. The predicted octanol–water partition coefficient (Wildman–Crippen LogP) is 1.84. The van der Waals surface area contributed by atoms with Gasteiger partial charge in [-0.25, -0.2) is 4.98 Å². The first-order valence-electron chi connectivity index (χ1n) is 4.98. The summed E-state index contributed by atoms with van der Waals surface area (Å²) in [5.41, 5.74) is 1.18. The van der Waals surface area contributed by atoms with E-state index in [1.54, 1.807) is 6.20 Å². The monoisotopic (exact) mass is 196 g/mol. The second-order valence-electron chi connectivity index (χ2n) is 2.84. The van der Waals surface area contributed by atoms with Gasteiger partial charge in [0.2, 0.25) is 0 Å². The Hall–Kier alpha value is -1.09. The zero-order valence-electron chi connectivity index (χ0n) is 9.49. The van der Waals surface area contributed by atoms with Crippen LogP contribution in [0.4, 0.5) is 5.82 Å². The highest BCUT2D eigenvalue weighted by molar-refractivity contribution is 5.39. The summed E-state index contributed by atoms with van der Waals surface area (Å²) in [5.74, 6) is 0.907. The van der Waals surface area contributed by atoms with E-state index >= 15 is 0 Å². The van der Waals surface area contributed by atoms with Gasteiger partial charge in [0.05, 0.1) is 6.61 Å². The van der Waals surface area contributed by atoms with Crippen LogP contribution in [-0.2, 0) is 0 Å². The van der Waals surface area contributed by atoms with E-state index in [4.69, 9.17) is 5.11 Å². The van der Waals surface area contributed by atoms with E-state index < -0.39 is 0 Å². The van der Waals surface area contributed by atoms with Crippen molar-refractivity contribution in [3.05, 3.63) is 23.9 Å². The van der Waals surface area contributed by atoms with Crippen LogP contribution in [0.5, 0.6) is 0 Å². The minimum Gasteiger partial charge on any atom is -0.395 e. The summed E-state index contributed by atoms with van der Waals surface area (Å²) >= 11 is 0. The molecule has 1 aromatic rings. The molecule has 0 amide bonds. The fourth-order valence-electron chi connectivity index (χ4n) is 0.994. The lowest BCUT2D eigenvalue weighted by molar-refractivity contribution is 0.304. The Morgan fingerprint density at radius 3 is 2.57 bits per heavy atom. The zero-order valence-corrected chi connectivity index (χ0v) is 9.49. The van der Waals surface area contributed by atoms with Crippen LogP contribution in [0.2, 0.25) is 0 Å². The molecule has 3 nitrogen and oxygen atoms in total. The van der Waals surface area contributed by atoms with Gasteiger partial charge in [-0.05, 0) is 24.6 Å². The van der Waals surface area contributed by atoms with E-state index in [-0.39, 0.29) is 6.61 Å². The summed E-state index contributed by atoms with van der Waals surface area (Å²) in [6.45, 7) is 6.81. The molecule has 0 bridgehead atoms. The number of hydrogen-bond acceptors (Lipinski definition) is 3. The fourth-order valence-corrected chi connectivity index (χ4v) is 0.994. The van der Waals surface area contributed by atoms with Crippen molar-refractivity contribution in [2.45, 2.75) is 20.8 Å². The number of anilines is 1. The third kappa shape index (κ3) is 4.23. The minimum absolute atomic E-state index is 0.159. The molecule has 0 saturated carbocycles. The largest absolute Gasteiger partial charge is 0.395 e. The number of nitrogens with zero attached hydrogens (tertiary/aromatic N) is 2. The van der Waals surface area contributed by atoms with Crippen LogP contribution < -0.4 is 4.90 Å². The Morgan fingerprint density at radius 2 is 2.07 bits per heavy atom. The Kier molecular flexibility index (Phi) is 6.76. The molecule has 0 aliphatic rings. The van der Waals surface area contributed by atoms with E-state index in [1.165, 1.54) is 5.56 Å². The third-order valence-corrected chi connectivity index (χ3v) is 1.73. The van der Waals surface area contributed by atoms with E-state index in [2.05, 4.69) is 4.98 Å². The van der Waals surface area contributed by atoms with Crippen LogP contribution in [0.3, 0.4) is 0 Å². The van der Waals surface area contributed by atoms with Gasteiger partial charge in [-0.1, -0.05) is 13.8 Å². The maximum absolute atomic E-state index is 8.70. The predicted molar refractivity (Wildman–Crippen MR) is 60.7 cm³/mol. The van der Waals surface area contributed by atoms with E-state index in [0.29, 0.717) is 6.54 Å². The second-order valence-corrected chi connectivity index (χ2v) is 2.84. The third-order valence-electron chi connectivity index (χ3n) is 1.73. The Balaban J connectivity index is 0.000000791. The Bertz CT molecular complexity index is 251. The molecule has 0 radical (unpaired) electrons. The Labute approximate surface area is 86.4 Å². The number of rotatable bonds is 3. The lowest BCUT2D eigenvalue weighted by Crippen LogP contribution is -2.22. The molecular weight excluding hydrogens is 176 g/mol. The summed E-state index contributed by atoms with van der Waals surface area (Å²) in [6, 6.07) is 3.95. The first kappa shape index (κ1) is 12.9. The quantitative estimate of drug-likeness (QED) is 0.801. The van der Waals surface area contributed by atoms with Crippen molar-refractivity contribution in [1.82, 2.24) is 4.98 Å². The minimum atomic E-state index is 0.159. The van der Waals surface area contributed by atoms with Crippen molar-refractivity contribution in [2.24, 2.45) is 0 Å². The standard InChI is InChI=1S/C9H14N2O.C2H6/c1-8-3-4-10-9(7-8)11(2)5-6-12;1-2/h3-4,7,12H,5-6H2,1-2H3;1-2H3. The molecule has 0 saturated heterocycles.